The lowest BCUT2D eigenvalue weighted by atomic mass is 10.3. The molecule has 0 fully saturated rings. The number of hydrogen-bond acceptors (Lipinski definition) is 3. The van der Waals surface area contributed by atoms with Crippen molar-refractivity contribution in [1.82, 2.24) is 0 Å². The highest BCUT2D eigenvalue weighted by Gasteiger charge is 1.98. The summed E-state index contributed by atoms with van der Waals surface area (Å²) in [7, 11) is 0. The highest BCUT2D eigenvalue weighted by Crippen LogP contribution is 2.20. The Morgan fingerprint density at radius 1 is 1.10 bits per heavy atom. The number of nitrogens with zero attached hydrogens (tertiary/aromatic N) is 2. The number of guanidine groups is 2. The Labute approximate surface area is 120 Å². The zero-order valence-electron chi connectivity index (χ0n) is 10.7. The van der Waals surface area contributed by atoms with E-state index in [0.717, 1.165) is 5.75 Å². The van der Waals surface area contributed by atoms with Gasteiger partial charge in [-0.05, 0) is 35.7 Å². The molecule has 1 aromatic carbocycles. The van der Waals surface area contributed by atoms with Crippen LogP contribution in [0.5, 0.6) is 5.75 Å². The van der Waals surface area contributed by atoms with E-state index in [4.69, 9.17) is 21.9 Å². The van der Waals surface area contributed by atoms with Gasteiger partial charge in [0.15, 0.2) is 5.96 Å². The Morgan fingerprint density at radius 3 is 2.45 bits per heavy atom. The van der Waals surface area contributed by atoms with E-state index in [1.165, 1.54) is 4.88 Å². The number of aliphatic imine (C=N–C) groups is 2. The molecule has 0 amide bonds. The first-order chi connectivity index (χ1) is 9.63. The number of nitrogens with two attached hydrogens (primary N) is 3. The molecule has 0 saturated carbocycles. The molecule has 1 aromatic heterocycles. The summed E-state index contributed by atoms with van der Waals surface area (Å²) >= 11 is 1.66. The molecular weight excluding hydrogens is 274 g/mol. The van der Waals surface area contributed by atoms with Gasteiger partial charge in [0.2, 0.25) is 5.96 Å². The predicted molar refractivity (Wildman–Crippen MR) is 82.2 cm³/mol. The Balaban J connectivity index is 1.97. The van der Waals surface area contributed by atoms with Crippen LogP contribution in [0.2, 0.25) is 0 Å². The molecule has 0 unspecified atom stereocenters. The van der Waals surface area contributed by atoms with E-state index in [2.05, 4.69) is 9.98 Å². The van der Waals surface area contributed by atoms with Crippen LogP contribution < -0.4 is 21.9 Å². The lowest BCUT2D eigenvalue weighted by molar-refractivity contribution is 0.310. The van der Waals surface area contributed by atoms with Crippen molar-refractivity contribution in [2.45, 2.75) is 6.61 Å². The second-order valence-electron chi connectivity index (χ2n) is 3.87. The minimum absolute atomic E-state index is 0.0113. The van der Waals surface area contributed by atoms with E-state index < -0.39 is 0 Å². The van der Waals surface area contributed by atoms with Gasteiger partial charge in [-0.1, -0.05) is 6.07 Å². The Bertz CT molecular complexity index is 600. The summed E-state index contributed by atoms with van der Waals surface area (Å²) in [5.74, 6) is 0.650. The van der Waals surface area contributed by atoms with Gasteiger partial charge in [0.25, 0.3) is 0 Å². The van der Waals surface area contributed by atoms with E-state index in [1.807, 2.05) is 29.6 Å². The maximum absolute atomic E-state index is 5.64. The van der Waals surface area contributed by atoms with E-state index in [0.29, 0.717) is 12.3 Å². The molecule has 0 bridgehead atoms. The van der Waals surface area contributed by atoms with Gasteiger partial charge in [-0.15, -0.1) is 11.3 Å². The van der Waals surface area contributed by atoms with Crippen molar-refractivity contribution in [2.24, 2.45) is 27.2 Å². The second kappa shape index (κ2) is 6.58. The van der Waals surface area contributed by atoms with E-state index in [9.17, 15) is 0 Å². The van der Waals surface area contributed by atoms with E-state index >= 15 is 0 Å². The van der Waals surface area contributed by atoms with Crippen molar-refractivity contribution < 1.29 is 4.74 Å². The van der Waals surface area contributed by atoms with E-state index in [-0.39, 0.29) is 11.9 Å². The molecule has 7 heteroatoms. The van der Waals surface area contributed by atoms with Crippen molar-refractivity contribution in [3.8, 4) is 5.75 Å². The van der Waals surface area contributed by atoms with Crippen LogP contribution in [0.1, 0.15) is 4.88 Å². The zero-order valence-corrected chi connectivity index (χ0v) is 11.5. The third kappa shape index (κ3) is 4.29. The standard InChI is InChI=1S/C13H15N5OS/c14-12(15)18-13(16)17-9-3-5-10(6-4-9)19-8-11-2-1-7-20-11/h1-7H,8H2,(H6,14,15,16,17,18). The molecule has 104 valence electrons. The first-order valence-corrected chi connectivity index (χ1v) is 6.70. The lowest BCUT2D eigenvalue weighted by Crippen LogP contribution is -2.26. The molecule has 2 rings (SSSR count). The fraction of sp³-hybridized carbons (Fsp3) is 0.0769. The van der Waals surface area contributed by atoms with Gasteiger partial charge >= 0.3 is 0 Å². The summed E-state index contributed by atoms with van der Waals surface area (Å²) in [5.41, 5.74) is 16.6. The molecule has 0 aliphatic rings. The fourth-order valence-electron chi connectivity index (χ4n) is 1.46. The minimum atomic E-state index is -0.123. The summed E-state index contributed by atoms with van der Waals surface area (Å²) in [4.78, 5) is 8.85. The average molecular weight is 289 g/mol. The molecule has 0 aliphatic carbocycles. The van der Waals surface area contributed by atoms with Gasteiger partial charge in [-0.2, -0.15) is 4.99 Å². The molecular formula is C13H15N5OS. The first kappa shape index (κ1) is 13.9. The van der Waals surface area contributed by atoms with Crippen molar-refractivity contribution >= 4 is 28.9 Å². The molecule has 0 radical (unpaired) electrons. The summed E-state index contributed by atoms with van der Waals surface area (Å²) in [5, 5.41) is 2.02. The zero-order chi connectivity index (χ0) is 14.4. The number of thiophene rings is 1. The molecule has 0 spiro atoms. The van der Waals surface area contributed by atoms with Crippen molar-refractivity contribution in [2.75, 3.05) is 0 Å². The van der Waals surface area contributed by atoms with Crippen LogP contribution in [-0.2, 0) is 6.61 Å². The molecule has 0 saturated heterocycles. The number of ether oxygens (including phenoxy) is 1. The van der Waals surface area contributed by atoms with Gasteiger partial charge in [-0.25, -0.2) is 4.99 Å². The highest BCUT2D eigenvalue weighted by molar-refractivity contribution is 7.09. The van der Waals surface area contributed by atoms with Crippen molar-refractivity contribution in [1.29, 1.82) is 0 Å². The van der Waals surface area contributed by atoms with Crippen molar-refractivity contribution in [3.63, 3.8) is 0 Å². The topological polar surface area (TPSA) is 112 Å². The summed E-state index contributed by atoms with van der Waals surface area (Å²) < 4.78 is 5.64. The summed E-state index contributed by atoms with van der Waals surface area (Å²) in [6.07, 6.45) is 0. The van der Waals surface area contributed by atoms with Gasteiger partial charge in [-0.3, -0.25) is 0 Å². The maximum Gasteiger partial charge on any atom is 0.223 e. The van der Waals surface area contributed by atoms with Gasteiger partial charge in [0.05, 0.1) is 5.69 Å². The molecule has 2 aromatic rings. The first-order valence-electron chi connectivity index (χ1n) is 5.82. The van der Waals surface area contributed by atoms with Crippen LogP contribution in [0.3, 0.4) is 0 Å². The van der Waals surface area contributed by atoms with Gasteiger partial charge in [0, 0.05) is 4.88 Å². The second-order valence-corrected chi connectivity index (χ2v) is 4.90. The third-order valence-corrected chi connectivity index (χ3v) is 3.14. The summed E-state index contributed by atoms with van der Waals surface area (Å²) in [6.45, 7) is 0.552. The van der Waals surface area contributed by atoms with Crippen LogP contribution in [0.25, 0.3) is 0 Å². The SMILES string of the molecule is NC(N)=NC(N)=Nc1ccc(OCc2cccs2)cc1. The fourth-order valence-corrected chi connectivity index (χ4v) is 2.07. The maximum atomic E-state index is 5.64. The minimum Gasteiger partial charge on any atom is -0.488 e. The normalized spacial score (nSPS) is 11.1. The van der Waals surface area contributed by atoms with Crippen LogP contribution in [0.4, 0.5) is 5.69 Å². The van der Waals surface area contributed by atoms with E-state index in [1.54, 1.807) is 23.5 Å². The monoisotopic (exact) mass is 289 g/mol. The Hall–Kier alpha value is -2.54. The third-order valence-electron chi connectivity index (χ3n) is 2.29. The molecule has 0 atom stereocenters. The molecule has 1 heterocycles. The largest absolute Gasteiger partial charge is 0.488 e. The van der Waals surface area contributed by atoms with Gasteiger partial charge in [0.1, 0.15) is 12.4 Å². The van der Waals surface area contributed by atoms with Crippen LogP contribution >= 0.6 is 11.3 Å². The quantitative estimate of drug-likeness (QED) is 0.585. The lowest BCUT2D eigenvalue weighted by Gasteiger charge is -2.04. The highest BCUT2D eigenvalue weighted by atomic mass is 32.1. The number of benzene rings is 1. The molecule has 20 heavy (non-hydrogen) atoms. The van der Waals surface area contributed by atoms with Crippen LogP contribution in [-0.4, -0.2) is 11.9 Å². The molecule has 0 aliphatic heterocycles. The Kier molecular flexibility index (Phi) is 4.56. The van der Waals surface area contributed by atoms with Gasteiger partial charge < -0.3 is 21.9 Å². The van der Waals surface area contributed by atoms with Crippen molar-refractivity contribution in [3.05, 3.63) is 46.7 Å². The number of rotatable bonds is 4. The number of hydrogen-bond donors (Lipinski definition) is 3. The summed E-state index contributed by atoms with van der Waals surface area (Å²) in [6, 6.07) is 11.2. The van der Waals surface area contributed by atoms with Crippen LogP contribution in [0.15, 0.2) is 51.8 Å². The Morgan fingerprint density at radius 2 is 1.85 bits per heavy atom. The average Bonchev–Trinajstić information content (AvgIpc) is 2.90. The predicted octanol–water partition coefficient (Wildman–Crippen LogP) is 1.55. The molecule has 6 nitrogen and oxygen atoms in total. The smallest absolute Gasteiger partial charge is 0.223 e. The molecule has 6 N–H and O–H groups in total. The van der Waals surface area contributed by atoms with Crippen LogP contribution in [0, 0.1) is 0 Å².